The van der Waals surface area contributed by atoms with Crippen molar-refractivity contribution in [2.75, 3.05) is 25.0 Å². The van der Waals surface area contributed by atoms with Crippen LogP contribution in [0.5, 0.6) is 0 Å². The van der Waals surface area contributed by atoms with E-state index in [0.29, 0.717) is 39.4 Å². The van der Waals surface area contributed by atoms with Gasteiger partial charge in [0, 0.05) is 34.4 Å². The van der Waals surface area contributed by atoms with Crippen LogP contribution in [-0.2, 0) is 4.79 Å². The van der Waals surface area contributed by atoms with Crippen LogP contribution < -0.4 is 16.0 Å². The number of anilines is 1. The SMILES string of the molecule is C#Cc1cccc(NC(=O)CN=C(NCC)NCC(O)c2cc(Cl)cc(Cl)c2)c1.I. The van der Waals surface area contributed by atoms with Gasteiger partial charge in [-0.05, 0) is 48.9 Å². The number of hydrogen-bond acceptors (Lipinski definition) is 3. The summed E-state index contributed by atoms with van der Waals surface area (Å²) in [5, 5.41) is 20.0. The molecule has 0 bridgehead atoms. The quantitative estimate of drug-likeness (QED) is 0.179. The number of terminal acetylenes is 1. The number of rotatable bonds is 7. The maximum atomic E-state index is 12.2. The van der Waals surface area contributed by atoms with E-state index in [1.165, 1.54) is 0 Å². The summed E-state index contributed by atoms with van der Waals surface area (Å²) in [4.78, 5) is 16.4. The van der Waals surface area contributed by atoms with Gasteiger partial charge < -0.3 is 21.1 Å². The molecule has 0 aliphatic rings. The van der Waals surface area contributed by atoms with E-state index in [1.54, 1.807) is 42.5 Å². The number of hydrogen-bond donors (Lipinski definition) is 4. The minimum absolute atomic E-state index is 0. The number of nitrogens with zero attached hydrogens (tertiary/aromatic N) is 1. The predicted octanol–water partition coefficient (Wildman–Crippen LogP) is 3.82. The molecule has 0 saturated heterocycles. The zero-order chi connectivity index (χ0) is 21.2. The molecule has 2 rings (SSSR count). The smallest absolute Gasteiger partial charge is 0.246 e. The zero-order valence-corrected chi connectivity index (χ0v) is 20.1. The Morgan fingerprint density at radius 1 is 1.20 bits per heavy atom. The molecule has 0 spiro atoms. The summed E-state index contributed by atoms with van der Waals surface area (Å²) >= 11 is 11.9. The lowest BCUT2D eigenvalue weighted by Gasteiger charge is -2.16. The molecule has 1 unspecified atom stereocenters. The fourth-order valence-corrected chi connectivity index (χ4v) is 3.00. The van der Waals surface area contributed by atoms with Crippen molar-refractivity contribution >= 4 is 64.7 Å². The number of guanidine groups is 1. The van der Waals surface area contributed by atoms with Crippen LogP contribution in [0.4, 0.5) is 5.69 Å². The number of benzene rings is 2. The number of nitrogens with one attached hydrogen (secondary N) is 3. The Balaban J connectivity index is 0.00000450. The maximum Gasteiger partial charge on any atom is 0.246 e. The molecule has 160 valence electrons. The van der Waals surface area contributed by atoms with Crippen LogP contribution in [0.25, 0.3) is 0 Å². The number of aliphatic hydroxyl groups is 1. The van der Waals surface area contributed by atoms with Gasteiger partial charge in [0.1, 0.15) is 6.54 Å². The molecule has 0 radical (unpaired) electrons. The standard InChI is InChI=1S/C21H22Cl2N4O2.HI/c1-3-14-6-5-7-18(8-14)27-20(29)13-26-21(24-4-2)25-12-19(28)15-9-16(22)11-17(23)10-15;/h1,5-11,19,28H,4,12-13H2,2H3,(H,27,29)(H2,24,25,26);1H. The first kappa shape index (κ1) is 26.0. The molecule has 2 aromatic carbocycles. The van der Waals surface area contributed by atoms with E-state index in [4.69, 9.17) is 29.6 Å². The summed E-state index contributed by atoms with van der Waals surface area (Å²) in [6.07, 6.45) is 4.51. The van der Waals surface area contributed by atoms with E-state index in [0.717, 1.165) is 0 Å². The third kappa shape index (κ3) is 8.79. The molecule has 4 N–H and O–H groups in total. The van der Waals surface area contributed by atoms with E-state index in [9.17, 15) is 9.90 Å². The van der Waals surface area contributed by atoms with Crippen LogP contribution >= 0.6 is 47.2 Å². The minimum Gasteiger partial charge on any atom is -0.387 e. The Labute approximate surface area is 203 Å². The van der Waals surface area contributed by atoms with E-state index in [-0.39, 0.29) is 43.0 Å². The Morgan fingerprint density at radius 2 is 1.90 bits per heavy atom. The first-order valence-corrected chi connectivity index (χ1v) is 9.69. The topological polar surface area (TPSA) is 85.8 Å². The van der Waals surface area contributed by atoms with Gasteiger partial charge in [-0.1, -0.05) is 35.2 Å². The van der Waals surface area contributed by atoms with Crippen molar-refractivity contribution in [2.24, 2.45) is 4.99 Å². The van der Waals surface area contributed by atoms with Crippen molar-refractivity contribution in [3.8, 4) is 12.3 Å². The molecule has 30 heavy (non-hydrogen) atoms. The second-order valence-corrected chi connectivity index (χ2v) is 6.94. The molecule has 0 aliphatic carbocycles. The molecule has 0 fully saturated rings. The van der Waals surface area contributed by atoms with Gasteiger partial charge in [0.25, 0.3) is 0 Å². The monoisotopic (exact) mass is 560 g/mol. The van der Waals surface area contributed by atoms with Crippen molar-refractivity contribution in [1.29, 1.82) is 0 Å². The molecule has 9 heteroatoms. The summed E-state index contributed by atoms with van der Waals surface area (Å²) in [6, 6.07) is 11.9. The number of halogens is 3. The number of aliphatic hydroxyl groups excluding tert-OH is 1. The largest absolute Gasteiger partial charge is 0.387 e. The Bertz CT molecular complexity index is 911. The molecule has 1 atom stereocenters. The second kappa shape index (κ2) is 13.3. The molecule has 0 aromatic heterocycles. The predicted molar refractivity (Wildman–Crippen MR) is 134 cm³/mol. The third-order valence-electron chi connectivity index (χ3n) is 3.77. The molecule has 6 nitrogen and oxygen atoms in total. The van der Waals surface area contributed by atoms with E-state index in [1.807, 2.05) is 6.92 Å². The van der Waals surface area contributed by atoms with E-state index >= 15 is 0 Å². The first-order chi connectivity index (χ1) is 13.9. The highest BCUT2D eigenvalue weighted by molar-refractivity contribution is 14.0. The molecule has 0 saturated carbocycles. The summed E-state index contributed by atoms with van der Waals surface area (Å²) in [6.45, 7) is 2.55. The average molecular weight is 561 g/mol. The lowest BCUT2D eigenvalue weighted by Crippen LogP contribution is -2.40. The molecule has 1 amide bonds. The van der Waals surface area contributed by atoms with Gasteiger partial charge in [-0.15, -0.1) is 30.4 Å². The number of carbonyl (C=O) groups is 1. The fraction of sp³-hybridized carbons (Fsp3) is 0.238. The molecular weight excluding hydrogens is 538 g/mol. The fourth-order valence-electron chi connectivity index (χ4n) is 2.46. The van der Waals surface area contributed by atoms with Crippen molar-refractivity contribution < 1.29 is 9.90 Å². The van der Waals surface area contributed by atoms with Gasteiger partial charge in [0.15, 0.2) is 5.96 Å². The zero-order valence-electron chi connectivity index (χ0n) is 16.3. The van der Waals surface area contributed by atoms with Crippen LogP contribution in [0.2, 0.25) is 10.0 Å². The average Bonchev–Trinajstić information content (AvgIpc) is 2.69. The number of amides is 1. The summed E-state index contributed by atoms with van der Waals surface area (Å²) in [7, 11) is 0. The van der Waals surface area contributed by atoms with Crippen LogP contribution in [0, 0.1) is 12.3 Å². The maximum absolute atomic E-state index is 12.2. The van der Waals surface area contributed by atoms with Gasteiger partial charge >= 0.3 is 0 Å². The number of aliphatic imine (C=N–C) groups is 1. The summed E-state index contributed by atoms with van der Waals surface area (Å²) in [5.74, 6) is 2.62. The van der Waals surface area contributed by atoms with Gasteiger partial charge in [-0.3, -0.25) is 4.79 Å². The van der Waals surface area contributed by atoms with Crippen LogP contribution in [0.15, 0.2) is 47.5 Å². The minimum atomic E-state index is -0.851. The first-order valence-electron chi connectivity index (χ1n) is 8.94. The summed E-state index contributed by atoms with van der Waals surface area (Å²) in [5.41, 5.74) is 1.86. The highest BCUT2D eigenvalue weighted by Crippen LogP contribution is 2.23. The van der Waals surface area contributed by atoms with Gasteiger partial charge in [0.05, 0.1) is 6.10 Å². The van der Waals surface area contributed by atoms with Gasteiger partial charge in [-0.2, -0.15) is 0 Å². The Hall–Kier alpha value is -1.99. The highest BCUT2D eigenvalue weighted by atomic mass is 127. The van der Waals surface area contributed by atoms with Crippen molar-refractivity contribution in [3.05, 3.63) is 63.6 Å². The molecule has 2 aromatic rings. The van der Waals surface area contributed by atoms with Crippen LogP contribution in [0.1, 0.15) is 24.2 Å². The number of carbonyl (C=O) groups excluding carboxylic acids is 1. The lowest BCUT2D eigenvalue weighted by molar-refractivity contribution is -0.114. The van der Waals surface area contributed by atoms with Crippen LogP contribution in [0.3, 0.4) is 0 Å². The molecule has 0 heterocycles. The second-order valence-electron chi connectivity index (χ2n) is 6.07. The van der Waals surface area contributed by atoms with Crippen molar-refractivity contribution in [3.63, 3.8) is 0 Å². The van der Waals surface area contributed by atoms with Crippen molar-refractivity contribution in [2.45, 2.75) is 13.0 Å². The normalized spacial score (nSPS) is 11.6. The van der Waals surface area contributed by atoms with E-state index < -0.39 is 6.10 Å². The van der Waals surface area contributed by atoms with Crippen molar-refractivity contribution in [1.82, 2.24) is 10.6 Å². The Morgan fingerprint density at radius 3 is 2.53 bits per heavy atom. The lowest BCUT2D eigenvalue weighted by atomic mass is 10.1. The third-order valence-corrected chi connectivity index (χ3v) is 4.21. The summed E-state index contributed by atoms with van der Waals surface area (Å²) < 4.78 is 0. The molecular formula is C21H23Cl2IN4O2. The highest BCUT2D eigenvalue weighted by Gasteiger charge is 2.11. The van der Waals surface area contributed by atoms with Gasteiger partial charge in [0.2, 0.25) is 5.91 Å². The Kier molecular flexibility index (Phi) is 11.6. The molecule has 0 aliphatic heterocycles. The van der Waals surface area contributed by atoms with Crippen LogP contribution in [-0.4, -0.2) is 36.6 Å². The van der Waals surface area contributed by atoms with Gasteiger partial charge in [-0.25, -0.2) is 4.99 Å². The van der Waals surface area contributed by atoms with E-state index in [2.05, 4.69) is 26.9 Å².